The summed E-state index contributed by atoms with van der Waals surface area (Å²) in [6.07, 6.45) is 4.40. The van der Waals surface area contributed by atoms with Crippen LogP contribution in [0.2, 0.25) is 0 Å². The Bertz CT molecular complexity index is 1160. The number of hydrogen-bond donors (Lipinski definition) is 1. The number of nitrogens with zero attached hydrogens (tertiary/aromatic N) is 3. The highest BCUT2D eigenvalue weighted by molar-refractivity contribution is 7.08. The maximum Gasteiger partial charge on any atom is 0.253 e. The van der Waals surface area contributed by atoms with Crippen LogP contribution in [0.15, 0.2) is 59.6 Å². The summed E-state index contributed by atoms with van der Waals surface area (Å²) >= 11 is 1.61. The summed E-state index contributed by atoms with van der Waals surface area (Å²) in [4.78, 5) is 29.5. The molecule has 28 heavy (non-hydrogen) atoms. The van der Waals surface area contributed by atoms with Crippen LogP contribution >= 0.6 is 11.3 Å². The van der Waals surface area contributed by atoms with Crippen molar-refractivity contribution in [1.82, 2.24) is 14.3 Å². The van der Waals surface area contributed by atoms with E-state index in [0.29, 0.717) is 23.3 Å². The van der Waals surface area contributed by atoms with Gasteiger partial charge in [0.25, 0.3) is 5.91 Å². The fraction of sp³-hybridized carbons (Fsp3) is 0.0952. The second-order valence-corrected chi connectivity index (χ2v) is 7.31. The summed E-state index contributed by atoms with van der Waals surface area (Å²) in [5.41, 5.74) is 5.64. The SMILES string of the molecule is CN(C)C(=O)c1cccc(-c2cnc3c(NC=O)cc(-c4ccsc4)cn23)c1. The third-order valence-corrected chi connectivity index (χ3v) is 5.17. The molecule has 7 heteroatoms. The molecular formula is C21H18N4O2S. The maximum atomic E-state index is 12.3. The fourth-order valence-corrected chi connectivity index (χ4v) is 3.79. The molecule has 0 unspecified atom stereocenters. The van der Waals surface area contributed by atoms with Gasteiger partial charge in [0.05, 0.1) is 17.6 Å². The van der Waals surface area contributed by atoms with Crippen molar-refractivity contribution in [3.8, 4) is 22.4 Å². The standard InChI is InChI=1S/C21H18N4O2S/c1-24(2)21(27)15-5-3-4-14(8-15)19-10-22-20-18(23-13-26)9-17(11-25(19)20)16-6-7-28-12-16/h3-13H,1-2H3,(H,23,26). The van der Waals surface area contributed by atoms with Crippen LogP contribution < -0.4 is 5.32 Å². The highest BCUT2D eigenvalue weighted by atomic mass is 32.1. The average Bonchev–Trinajstić information content (AvgIpc) is 3.37. The van der Waals surface area contributed by atoms with Crippen LogP contribution in [0, 0.1) is 0 Å². The van der Waals surface area contributed by atoms with E-state index in [2.05, 4.69) is 15.7 Å². The van der Waals surface area contributed by atoms with Gasteiger partial charge in [-0.3, -0.25) is 14.0 Å². The van der Waals surface area contributed by atoms with Gasteiger partial charge in [0.15, 0.2) is 5.65 Å². The molecule has 6 nitrogen and oxygen atoms in total. The third kappa shape index (κ3) is 3.16. The van der Waals surface area contributed by atoms with Crippen molar-refractivity contribution < 1.29 is 9.59 Å². The Hall–Kier alpha value is -3.45. The minimum Gasteiger partial charge on any atom is -0.345 e. The van der Waals surface area contributed by atoms with Crippen molar-refractivity contribution in [3.05, 3.63) is 65.1 Å². The lowest BCUT2D eigenvalue weighted by molar-refractivity contribution is -0.105. The molecule has 4 aromatic rings. The molecule has 0 spiro atoms. The van der Waals surface area contributed by atoms with Gasteiger partial charge in [0, 0.05) is 37.0 Å². The zero-order chi connectivity index (χ0) is 19.7. The Labute approximate surface area is 166 Å². The second kappa shape index (κ2) is 7.28. The van der Waals surface area contributed by atoms with Gasteiger partial charge < -0.3 is 10.2 Å². The summed E-state index contributed by atoms with van der Waals surface area (Å²) in [7, 11) is 3.46. The minimum atomic E-state index is -0.0575. The van der Waals surface area contributed by atoms with Gasteiger partial charge in [0.2, 0.25) is 6.41 Å². The molecule has 3 aromatic heterocycles. The third-order valence-electron chi connectivity index (χ3n) is 4.49. The van der Waals surface area contributed by atoms with E-state index < -0.39 is 0 Å². The molecule has 0 aliphatic rings. The van der Waals surface area contributed by atoms with E-state index in [1.165, 1.54) is 0 Å². The number of hydrogen-bond acceptors (Lipinski definition) is 4. The number of rotatable bonds is 5. The zero-order valence-electron chi connectivity index (χ0n) is 15.4. The molecule has 1 N–H and O–H groups in total. The molecule has 2 amide bonds. The molecule has 140 valence electrons. The lowest BCUT2D eigenvalue weighted by atomic mass is 10.1. The van der Waals surface area contributed by atoms with Crippen LogP contribution in [-0.2, 0) is 4.79 Å². The van der Waals surface area contributed by atoms with Crippen LogP contribution in [-0.4, -0.2) is 40.7 Å². The van der Waals surface area contributed by atoms with Gasteiger partial charge in [-0.15, -0.1) is 0 Å². The second-order valence-electron chi connectivity index (χ2n) is 6.53. The Morgan fingerprint density at radius 2 is 2.04 bits per heavy atom. The van der Waals surface area contributed by atoms with Gasteiger partial charge in [-0.2, -0.15) is 11.3 Å². The molecule has 0 fully saturated rings. The monoisotopic (exact) mass is 390 g/mol. The van der Waals surface area contributed by atoms with E-state index in [1.54, 1.807) is 42.6 Å². The number of thiophene rings is 1. The van der Waals surface area contributed by atoms with E-state index in [9.17, 15) is 9.59 Å². The van der Waals surface area contributed by atoms with E-state index in [-0.39, 0.29) is 5.91 Å². The number of fused-ring (bicyclic) bond motifs is 1. The number of imidazole rings is 1. The fourth-order valence-electron chi connectivity index (χ4n) is 3.13. The van der Waals surface area contributed by atoms with Crippen molar-refractivity contribution in [2.24, 2.45) is 0 Å². The zero-order valence-corrected chi connectivity index (χ0v) is 16.2. The number of nitrogens with one attached hydrogen (secondary N) is 1. The van der Waals surface area contributed by atoms with Crippen LogP contribution in [0.3, 0.4) is 0 Å². The summed E-state index contributed by atoms with van der Waals surface area (Å²) in [5.74, 6) is -0.0575. The first-order valence-electron chi connectivity index (χ1n) is 8.64. The number of carbonyl (C=O) groups excluding carboxylic acids is 2. The first-order valence-corrected chi connectivity index (χ1v) is 9.58. The highest BCUT2D eigenvalue weighted by Crippen LogP contribution is 2.31. The largest absolute Gasteiger partial charge is 0.345 e. The lowest BCUT2D eigenvalue weighted by Gasteiger charge is -2.12. The van der Waals surface area contributed by atoms with E-state index >= 15 is 0 Å². The number of benzene rings is 1. The normalized spacial score (nSPS) is 10.8. The van der Waals surface area contributed by atoms with Gasteiger partial charge >= 0.3 is 0 Å². The maximum absolute atomic E-state index is 12.3. The number of amides is 2. The molecule has 0 atom stereocenters. The van der Waals surface area contributed by atoms with Crippen molar-refractivity contribution in [1.29, 1.82) is 0 Å². The van der Waals surface area contributed by atoms with E-state index in [0.717, 1.165) is 22.4 Å². The van der Waals surface area contributed by atoms with Crippen molar-refractivity contribution in [2.75, 3.05) is 19.4 Å². The predicted octanol–water partition coefficient (Wildman–Crippen LogP) is 4.00. The lowest BCUT2D eigenvalue weighted by Crippen LogP contribution is -2.21. The minimum absolute atomic E-state index is 0.0575. The number of anilines is 1. The molecule has 3 heterocycles. The topological polar surface area (TPSA) is 66.7 Å². The number of carbonyl (C=O) groups is 2. The van der Waals surface area contributed by atoms with Gasteiger partial charge in [-0.25, -0.2) is 4.98 Å². The Kier molecular flexibility index (Phi) is 4.67. The Balaban J connectivity index is 1.90. The molecule has 0 radical (unpaired) electrons. The highest BCUT2D eigenvalue weighted by Gasteiger charge is 2.14. The molecule has 0 saturated heterocycles. The molecule has 1 aromatic carbocycles. The van der Waals surface area contributed by atoms with Gasteiger partial charge in [-0.05, 0) is 40.6 Å². The quantitative estimate of drug-likeness (QED) is 0.524. The molecule has 0 aliphatic heterocycles. The summed E-state index contributed by atoms with van der Waals surface area (Å²) in [6.45, 7) is 0. The molecule has 0 saturated carbocycles. The van der Waals surface area contributed by atoms with Gasteiger partial charge in [0.1, 0.15) is 0 Å². The summed E-state index contributed by atoms with van der Waals surface area (Å²) < 4.78 is 1.94. The van der Waals surface area contributed by atoms with Crippen molar-refractivity contribution in [2.45, 2.75) is 0 Å². The predicted molar refractivity (Wildman–Crippen MR) is 112 cm³/mol. The van der Waals surface area contributed by atoms with Gasteiger partial charge in [-0.1, -0.05) is 12.1 Å². The molecule has 0 bridgehead atoms. The van der Waals surface area contributed by atoms with Crippen molar-refractivity contribution in [3.63, 3.8) is 0 Å². The van der Waals surface area contributed by atoms with E-state index in [4.69, 9.17) is 0 Å². The number of aromatic nitrogens is 2. The Morgan fingerprint density at radius 1 is 1.18 bits per heavy atom. The molecule has 4 rings (SSSR count). The molecule has 0 aliphatic carbocycles. The smallest absolute Gasteiger partial charge is 0.253 e. The first kappa shape index (κ1) is 17.9. The van der Waals surface area contributed by atoms with Crippen LogP contribution in [0.4, 0.5) is 5.69 Å². The van der Waals surface area contributed by atoms with Crippen LogP contribution in [0.25, 0.3) is 28.0 Å². The summed E-state index contributed by atoms with van der Waals surface area (Å²) in [6, 6.07) is 11.4. The summed E-state index contributed by atoms with van der Waals surface area (Å²) in [5, 5.41) is 6.81. The molecular weight excluding hydrogens is 372 g/mol. The van der Waals surface area contributed by atoms with E-state index in [1.807, 2.05) is 46.3 Å². The number of pyridine rings is 1. The first-order chi connectivity index (χ1) is 13.6. The van der Waals surface area contributed by atoms with Crippen LogP contribution in [0.5, 0.6) is 0 Å². The average molecular weight is 390 g/mol. The van der Waals surface area contributed by atoms with Crippen LogP contribution in [0.1, 0.15) is 10.4 Å². The van der Waals surface area contributed by atoms with Crippen molar-refractivity contribution >= 4 is 35.0 Å². The Morgan fingerprint density at radius 3 is 2.75 bits per heavy atom.